The van der Waals surface area contributed by atoms with Gasteiger partial charge in [-0.3, -0.25) is 4.79 Å². The predicted octanol–water partition coefficient (Wildman–Crippen LogP) is 5.72. The molecule has 30 heavy (non-hydrogen) atoms. The third kappa shape index (κ3) is 7.69. The summed E-state index contributed by atoms with van der Waals surface area (Å²) in [4.78, 5) is 11.9. The number of nitrogens with zero attached hydrogens (tertiary/aromatic N) is 1. The zero-order valence-corrected chi connectivity index (χ0v) is 19.1. The lowest BCUT2D eigenvalue weighted by molar-refractivity contribution is -0.118. The normalized spacial score (nSPS) is 10.9. The zero-order valence-electron chi connectivity index (χ0n) is 16.7. The van der Waals surface area contributed by atoms with Gasteiger partial charge in [-0.1, -0.05) is 57.9 Å². The number of nitrogens with one attached hydrogen (secondary N) is 1. The molecule has 0 heterocycles. The van der Waals surface area contributed by atoms with E-state index < -0.39 is 0 Å². The molecule has 3 aromatic carbocycles. The largest absolute Gasteiger partial charge is 0.489 e. The Morgan fingerprint density at radius 1 is 1.07 bits per heavy atom. The summed E-state index contributed by atoms with van der Waals surface area (Å²) in [6, 6.07) is 23.9. The molecule has 6 heteroatoms. The van der Waals surface area contributed by atoms with Crippen LogP contribution in [0, 0.1) is 6.92 Å². The monoisotopic (exact) mass is 482 g/mol. The molecule has 0 unspecified atom stereocenters. The summed E-state index contributed by atoms with van der Waals surface area (Å²) >= 11 is 5.00. The zero-order chi connectivity index (χ0) is 21.2. The van der Waals surface area contributed by atoms with E-state index >= 15 is 0 Å². The van der Waals surface area contributed by atoms with E-state index in [1.807, 2.05) is 42.5 Å². The van der Waals surface area contributed by atoms with Gasteiger partial charge in [0.1, 0.15) is 12.4 Å². The van der Waals surface area contributed by atoms with E-state index in [1.54, 1.807) is 18.0 Å². The number of thioether (sulfide) groups is 1. The highest BCUT2D eigenvalue weighted by atomic mass is 79.9. The number of aryl methyl sites for hydroxylation is 1. The van der Waals surface area contributed by atoms with Crippen molar-refractivity contribution >= 4 is 39.8 Å². The van der Waals surface area contributed by atoms with Crippen LogP contribution < -0.4 is 10.2 Å². The molecule has 3 aromatic rings. The molecule has 0 spiro atoms. The maximum Gasteiger partial charge on any atom is 0.250 e. The van der Waals surface area contributed by atoms with Gasteiger partial charge in [0.2, 0.25) is 5.91 Å². The first-order valence-electron chi connectivity index (χ1n) is 9.51. The van der Waals surface area contributed by atoms with E-state index in [1.165, 1.54) is 11.1 Å². The summed E-state index contributed by atoms with van der Waals surface area (Å²) in [5, 5.41) is 4.03. The number of amides is 1. The van der Waals surface area contributed by atoms with Crippen LogP contribution >= 0.6 is 27.7 Å². The molecule has 1 N–H and O–H groups in total. The summed E-state index contributed by atoms with van der Waals surface area (Å²) in [6.45, 7) is 2.59. The van der Waals surface area contributed by atoms with Crippen LogP contribution in [0.5, 0.6) is 5.75 Å². The molecule has 0 saturated heterocycles. The quantitative estimate of drug-likeness (QED) is 0.313. The van der Waals surface area contributed by atoms with Crippen molar-refractivity contribution in [2.75, 3.05) is 5.75 Å². The van der Waals surface area contributed by atoms with Crippen molar-refractivity contribution in [3.05, 3.63) is 99.5 Å². The standard InChI is InChI=1S/C24H23BrN2O2S/c1-18-5-7-20(8-6-18)15-29-23-11-9-19(10-12-23)14-26-27-24(28)17-30-16-21-3-2-4-22(25)13-21/h2-14H,15-17H2,1H3,(H,27,28)/b26-14-. The lowest BCUT2D eigenvalue weighted by Crippen LogP contribution is -2.19. The molecule has 0 aliphatic rings. The van der Waals surface area contributed by atoms with Crippen molar-refractivity contribution in [2.24, 2.45) is 5.10 Å². The molecule has 3 rings (SSSR count). The van der Waals surface area contributed by atoms with Crippen LogP contribution in [0.2, 0.25) is 0 Å². The molecule has 0 aliphatic heterocycles. The van der Waals surface area contributed by atoms with Crippen LogP contribution in [-0.4, -0.2) is 17.9 Å². The van der Waals surface area contributed by atoms with Crippen LogP contribution in [0.15, 0.2) is 82.4 Å². The Balaban J connectivity index is 1.38. The van der Waals surface area contributed by atoms with Crippen molar-refractivity contribution in [3.8, 4) is 5.75 Å². The number of ether oxygens (including phenoxy) is 1. The molecule has 1 amide bonds. The minimum Gasteiger partial charge on any atom is -0.489 e. The summed E-state index contributed by atoms with van der Waals surface area (Å²) in [5.41, 5.74) is 6.99. The Morgan fingerprint density at radius 2 is 1.83 bits per heavy atom. The van der Waals surface area contributed by atoms with Crippen LogP contribution in [0.25, 0.3) is 0 Å². The number of hydrogen-bond donors (Lipinski definition) is 1. The Labute approximate surface area is 189 Å². The highest BCUT2D eigenvalue weighted by Gasteiger charge is 2.01. The topological polar surface area (TPSA) is 50.7 Å². The summed E-state index contributed by atoms with van der Waals surface area (Å²) < 4.78 is 6.84. The SMILES string of the molecule is Cc1ccc(COc2ccc(/C=N\NC(=O)CSCc3cccc(Br)c3)cc2)cc1. The van der Waals surface area contributed by atoms with Crippen molar-refractivity contribution in [2.45, 2.75) is 19.3 Å². The van der Waals surface area contributed by atoms with E-state index in [4.69, 9.17) is 4.74 Å². The van der Waals surface area contributed by atoms with Gasteiger partial charge < -0.3 is 4.74 Å². The van der Waals surface area contributed by atoms with Crippen LogP contribution in [-0.2, 0) is 17.2 Å². The van der Waals surface area contributed by atoms with Crippen molar-refractivity contribution in [1.82, 2.24) is 5.43 Å². The molecule has 0 aliphatic carbocycles. The minimum absolute atomic E-state index is 0.121. The molecule has 0 saturated carbocycles. The molecular formula is C24H23BrN2O2S. The molecule has 0 aromatic heterocycles. The van der Waals surface area contributed by atoms with Gasteiger partial charge >= 0.3 is 0 Å². The van der Waals surface area contributed by atoms with Crippen LogP contribution in [0.1, 0.15) is 22.3 Å². The van der Waals surface area contributed by atoms with Gasteiger partial charge in [-0.2, -0.15) is 5.10 Å². The van der Waals surface area contributed by atoms with Crippen molar-refractivity contribution in [1.29, 1.82) is 0 Å². The van der Waals surface area contributed by atoms with E-state index in [9.17, 15) is 4.79 Å². The fourth-order valence-corrected chi connectivity index (χ4v) is 3.81. The van der Waals surface area contributed by atoms with Crippen LogP contribution in [0.3, 0.4) is 0 Å². The van der Waals surface area contributed by atoms with Crippen molar-refractivity contribution in [3.63, 3.8) is 0 Å². The average Bonchev–Trinajstić information content (AvgIpc) is 2.74. The third-order valence-corrected chi connectivity index (χ3v) is 5.70. The third-order valence-electron chi connectivity index (χ3n) is 4.20. The molecule has 154 valence electrons. The smallest absolute Gasteiger partial charge is 0.250 e. The lowest BCUT2D eigenvalue weighted by Gasteiger charge is -2.07. The second-order valence-corrected chi connectivity index (χ2v) is 8.66. The van der Waals surface area contributed by atoms with Crippen LogP contribution in [0.4, 0.5) is 0 Å². The number of halogens is 1. The molecule has 4 nitrogen and oxygen atoms in total. The molecule has 0 radical (unpaired) electrons. The number of carbonyl (C=O) groups is 1. The highest BCUT2D eigenvalue weighted by molar-refractivity contribution is 9.10. The fraction of sp³-hybridized carbons (Fsp3) is 0.167. The van der Waals surface area contributed by atoms with Crippen molar-refractivity contribution < 1.29 is 9.53 Å². The molecular weight excluding hydrogens is 460 g/mol. The van der Waals surface area contributed by atoms with Gasteiger partial charge in [0.15, 0.2) is 0 Å². The fourth-order valence-electron chi connectivity index (χ4n) is 2.60. The Morgan fingerprint density at radius 3 is 2.57 bits per heavy atom. The molecule has 0 atom stereocenters. The lowest BCUT2D eigenvalue weighted by atomic mass is 10.2. The van der Waals surface area contributed by atoms with Gasteiger partial charge in [-0.05, 0) is 60.0 Å². The van der Waals surface area contributed by atoms with E-state index in [-0.39, 0.29) is 5.91 Å². The van der Waals surface area contributed by atoms with E-state index in [0.29, 0.717) is 12.4 Å². The van der Waals surface area contributed by atoms with Gasteiger partial charge in [0.25, 0.3) is 0 Å². The Kier molecular flexibility index (Phi) is 8.53. The number of carbonyl (C=O) groups excluding carboxylic acids is 1. The number of hydrogen-bond acceptors (Lipinski definition) is 4. The first-order chi connectivity index (χ1) is 14.6. The highest BCUT2D eigenvalue weighted by Crippen LogP contribution is 2.17. The number of benzene rings is 3. The van der Waals surface area contributed by atoms with Gasteiger partial charge in [0.05, 0.1) is 12.0 Å². The predicted molar refractivity (Wildman–Crippen MR) is 128 cm³/mol. The van der Waals surface area contributed by atoms with Gasteiger partial charge in [-0.15, -0.1) is 11.8 Å². The van der Waals surface area contributed by atoms with E-state index in [0.717, 1.165) is 27.1 Å². The van der Waals surface area contributed by atoms with Gasteiger partial charge in [-0.25, -0.2) is 5.43 Å². The Bertz CT molecular complexity index is 989. The molecule has 0 fully saturated rings. The number of rotatable bonds is 9. The summed E-state index contributed by atoms with van der Waals surface area (Å²) in [5.74, 6) is 1.81. The maximum atomic E-state index is 11.9. The molecule has 0 bridgehead atoms. The maximum absolute atomic E-state index is 11.9. The number of hydrazone groups is 1. The average molecular weight is 483 g/mol. The van der Waals surface area contributed by atoms with Gasteiger partial charge in [0, 0.05) is 10.2 Å². The summed E-state index contributed by atoms with van der Waals surface area (Å²) in [7, 11) is 0. The summed E-state index contributed by atoms with van der Waals surface area (Å²) in [6.07, 6.45) is 1.63. The first kappa shape index (κ1) is 22.1. The minimum atomic E-state index is -0.121. The second kappa shape index (κ2) is 11.6. The van der Waals surface area contributed by atoms with E-state index in [2.05, 4.69) is 63.7 Å². The first-order valence-corrected chi connectivity index (χ1v) is 11.5. The Hall–Kier alpha value is -2.57. The second-order valence-electron chi connectivity index (χ2n) is 6.76.